The lowest BCUT2D eigenvalue weighted by molar-refractivity contribution is 0.171. The predicted molar refractivity (Wildman–Crippen MR) is 113 cm³/mol. The summed E-state index contributed by atoms with van der Waals surface area (Å²) >= 11 is 0. The van der Waals surface area contributed by atoms with Crippen molar-refractivity contribution < 1.29 is 9.47 Å². The molecule has 6 heteroatoms. The van der Waals surface area contributed by atoms with Gasteiger partial charge in [0, 0.05) is 44.4 Å². The van der Waals surface area contributed by atoms with Crippen LogP contribution in [0.4, 0.5) is 5.69 Å². The maximum absolute atomic E-state index is 12.8. The molecule has 3 aromatic rings. The molecule has 1 aliphatic rings. The fourth-order valence-electron chi connectivity index (χ4n) is 3.95. The first-order chi connectivity index (χ1) is 14.1. The van der Waals surface area contributed by atoms with Crippen LogP contribution < -0.4 is 19.9 Å². The van der Waals surface area contributed by atoms with E-state index in [0.29, 0.717) is 11.4 Å². The van der Waals surface area contributed by atoms with Crippen LogP contribution >= 0.6 is 0 Å². The zero-order chi connectivity index (χ0) is 20.4. The number of hydrogen-bond acceptors (Lipinski definition) is 5. The van der Waals surface area contributed by atoms with Gasteiger partial charge in [0.25, 0.3) is 5.56 Å². The van der Waals surface area contributed by atoms with E-state index < -0.39 is 0 Å². The van der Waals surface area contributed by atoms with E-state index in [9.17, 15) is 10.1 Å². The molecule has 0 unspecified atom stereocenters. The van der Waals surface area contributed by atoms with E-state index >= 15 is 0 Å². The average molecular weight is 389 g/mol. The topological polar surface area (TPSA) is 67.5 Å². The van der Waals surface area contributed by atoms with Gasteiger partial charge in [-0.25, -0.2) is 0 Å². The Bertz CT molecular complexity index is 1120. The molecule has 0 saturated carbocycles. The van der Waals surface area contributed by atoms with Gasteiger partial charge in [-0.1, -0.05) is 18.2 Å². The molecular weight excluding hydrogens is 366 g/mol. The van der Waals surface area contributed by atoms with Gasteiger partial charge < -0.3 is 18.9 Å². The fourth-order valence-corrected chi connectivity index (χ4v) is 3.95. The van der Waals surface area contributed by atoms with Gasteiger partial charge >= 0.3 is 0 Å². The molecular formula is C23H23N3O3. The van der Waals surface area contributed by atoms with Gasteiger partial charge in [-0.15, -0.1) is 0 Å². The minimum absolute atomic E-state index is 0.122. The summed E-state index contributed by atoms with van der Waals surface area (Å²) in [5.41, 5.74) is 1.37. The van der Waals surface area contributed by atoms with E-state index in [4.69, 9.17) is 9.47 Å². The van der Waals surface area contributed by atoms with Crippen LogP contribution in [0.2, 0.25) is 0 Å². The molecule has 1 aliphatic heterocycles. The Morgan fingerprint density at radius 1 is 1.07 bits per heavy atom. The van der Waals surface area contributed by atoms with Crippen LogP contribution in [0, 0.1) is 11.3 Å². The second kappa shape index (κ2) is 7.88. The maximum atomic E-state index is 12.8. The normalized spacial score (nSPS) is 14.6. The summed E-state index contributed by atoms with van der Waals surface area (Å²) in [6.45, 7) is 1.45. The molecule has 2 heterocycles. The molecule has 0 bridgehead atoms. The van der Waals surface area contributed by atoms with E-state index in [1.54, 1.807) is 14.2 Å². The Morgan fingerprint density at radius 2 is 1.79 bits per heavy atom. The van der Waals surface area contributed by atoms with E-state index in [1.165, 1.54) is 4.57 Å². The number of nitriles is 1. The number of anilines is 1. The lowest BCUT2D eigenvalue weighted by Crippen LogP contribution is -2.40. The first-order valence-electron chi connectivity index (χ1n) is 9.70. The molecule has 1 saturated heterocycles. The molecule has 2 aromatic carbocycles. The zero-order valence-electron chi connectivity index (χ0n) is 16.6. The minimum atomic E-state index is -0.286. The number of rotatable bonds is 4. The molecule has 0 spiro atoms. The number of methoxy groups -OCH3 is 1. The smallest absolute Gasteiger partial charge is 0.270 e. The monoisotopic (exact) mass is 389 g/mol. The molecule has 29 heavy (non-hydrogen) atoms. The van der Waals surface area contributed by atoms with Gasteiger partial charge in [0.2, 0.25) is 0 Å². The van der Waals surface area contributed by atoms with Crippen molar-refractivity contribution >= 4 is 16.6 Å². The van der Waals surface area contributed by atoms with Gasteiger partial charge in [0.05, 0.1) is 18.3 Å². The number of benzene rings is 2. The molecule has 1 aromatic heterocycles. The van der Waals surface area contributed by atoms with Gasteiger partial charge in [-0.2, -0.15) is 5.26 Å². The van der Waals surface area contributed by atoms with E-state index in [1.807, 2.05) is 48.5 Å². The molecule has 4 rings (SSSR count). The van der Waals surface area contributed by atoms with Crippen LogP contribution in [0.5, 0.6) is 11.5 Å². The second-order valence-electron chi connectivity index (χ2n) is 7.20. The molecule has 0 radical (unpaired) electrons. The summed E-state index contributed by atoms with van der Waals surface area (Å²) in [4.78, 5) is 15.0. The Labute approximate surface area is 169 Å². The summed E-state index contributed by atoms with van der Waals surface area (Å²) in [5, 5.41) is 10.6. The number of aromatic nitrogens is 1. The highest BCUT2D eigenvalue weighted by Crippen LogP contribution is 2.33. The molecule has 6 nitrogen and oxygen atoms in total. The van der Waals surface area contributed by atoms with E-state index in [0.717, 1.165) is 42.6 Å². The molecule has 148 valence electrons. The van der Waals surface area contributed by atoms with Crippen LogP contribution in [-0.2, 0) is 7.05 Å². The first-order valence-corrected chi connectivity index (χ1v) is 9.70. The van der Waals surface area contributed by atoms with Crippen LogP contribution in [0.1, 0.15) is 18.4 Å². The van der Waals surface area contributed by atoms with Crippen molar-refractivity contribution in [3.8, 4) is 17.6 Å². The fraction of sp³-hybridized carbons (Fsp3) is 0.304. The van der Waals surface area contributed by atoms with E-state index in [2.05, 4.69) is 11.0 Å². The Hall–Kier alpha value is -3.46. The summed E-state index contributed by atoms with van der Waals surface area (Å²) < 4.78 is 12.9. The zero-order valence-corrected chi connectivity index (χ0v) is 16.6. The number of ether oxygens (including phenoxy) is 2. The number of para-hydroxylation sites is 1. The SMILES string of the molecule is COc1ccc2c(N3CCC(Oc4ccccc4)CC3)c(C#N)c(=O)n(C)c2c1. The second-order valence-corrected chi connectivity index (χ2v) is 7.20. The Morgan fingerprint density at radius 3 is 2.45 bits per heavy atom. The standard InChI is InChI=1S/C23H23N3O3/c1-25-21-14-18(28-2)8-9-19(21)22(20(15-24)23(25)27)26-12-10-17(11-13-26)29-16-6-4-3-5-7-16/h3-9,14,17H,10-13H2,1-2H3. The van der Waals surface area contributed by atoms with Gasteiger partial charge in [0.1, 0.15) is 29.2 Å². The number of piperidine rings is 1. The Balaban J connectivity index is 1.66. The van der Waals surface area contributed by atoms with Crippen LogP contribution in [0.25, 0.3) is 10.9 Å². The molecule has 1 fully saturated rings. The molecule has 0 atom stereocenters. The van der Waals surface area contributed by atoms with Crippen molar-refractivity contribution in [2.45, 2.75) is 18.9 Å². The summed E-state index contributed by atoms with van der Waals surface area (Å²) in [7, 11) is 3.29. The quantitative estimate of drug-likeness (QED) is 0.684. The van der Waals surface area contributed by atoms with Crippen molar-refractivity contribution in [1.29, 1.82) is 5.26 Å². The van der Waals surface area contributed by atoms with Gasteiger partial charge in [-0.3, -0.25) is 4.79 Å². The minimum Gasteiger partial charge on any atom is -0.497 e. The number of fused-ring (bicyclic) bond motifs is 1. The number of aryl methyl sites for hydroxylation is 1. The third-order valence-electron chi connectivity index (χ3n) is 5.49. The lowest BCUT2D eigenvalue weighted by Gasteiger charge is -2.35. The van der Waals surface area contributed by atoms with Crippen molar-refractivity contribution in [2.24, 2.45) is 7.05 Å². The van der Waals surface area contributed by atoms with Crippen molar-refractivity contribution in [3.05, 3.63) is 64.4 Å². The summed E-state index contributed by atoms with van der Waals surface area (Å²) in [5.74, 6) is 1.55. The lowest BCUT2D eigenvalue weighted by atomic mass is 10.0. The summed E-state index contributed by atoms with van der Waals surface area (Å²) in [6.07, 6.45) is 1.77. The number of pyridine rings is 1. The Kier molecular flexibility index (Phi) is 5.13. The summed E-state index contributed by atoms with van der Waals surface area (Å²) in [6, 6.07) is 17.6. The largest absolute Gasteiger partial charge is 0.497 e. The number of nitrogens with zero attached hydrogens (tertiary/aromatic N) is 3. The predicted octanol–water partition coefficient (Wildman–Crippen LogP) is 3.47. The molecule has 0 aliphatic carbocycles. The van der Waals surface area contributed by atoms with Crippen molar-refractivity contribution in [2.75, 3.05) is 25.1 Å². The first kappa shape index (κ1) is 18.9. The van der Waals surface area contributed by atoms with Crippen molar-refractivity contribution in [3.63, 3.8) is 0 Å². The van der Waals surface area contributed by atoms with Gasteiger partial charge in [-0.05, 0) is 24.3 Å². The van der Waals surface area contributed by atoms with E-state index in [-0.39, 0.29) is 17.2 Å². The third kappa shape index (κ3) is 3.52. The third-order valence-corrected chi connectivity index (χ3v) is 5.49. The average Bonchev–Trinajstić information content (AvgIpc) is 2.77. The van der Waals surface area contributed by atoms with Gasteiger partial charge in [0.15, 0.2) is 0 Å². The highest BCUT2D eigenvalue weighted by Gasteiger charge is 2.26. The van der Waals surface area contributed by atoms with Crippen LogP contribution in [0.15, 0.2) is 53.3 Å². The maximum Gasteiger partial charge on any atom is 0.270 e. The van der Waals surface area contributed by atoms with Crippen molar-refractivity contribution in [1.82, 2.24) is 4.57 Å². The highest BCUT2D eigenvalue weighted by molar-refractivity contribution is 5.95. The van der Waals surface area contributed by atoms with Crippen LogP contribution in [0.3, 0.4) is 0 Å². The molecule has 0 amide bonds. The highest BCUT2D eigenvalue weighted by atomic mass is 16.5. The molecule has 0 N–H and O–H groups in total. The number of hydrogen-bond donors (Lipinski definition) is 0. The van der Waals surface area contributed by atoms with Crippen LogP contribution in [-0.4, -0.2) is 30.9 Å².